The molecule has 0 saturated carbocycles. The highest BCUT2D eigenvalue weighted by molar-refractivity contribution is 7.10. The average Bonchev–Trinajstić information content (AvgIpc) is 3.03. The summed E-state index contributed by atoms with van der Waals surface area (Å²) in [6.07, 6.45) is 0. The van der Waals surface area contributed by atoms with E-state index < -0.39 is 0 Å². The zero-order valence-corrected chi connectivity index (χ0v) is 13.3. The van der Waals surface area contributed by atoms with Crippen molar-refractivity contribution in [3.63, 3.8) is 0 Å². The largest absolute Gasteiger partial charge is 0.456 e. The number of fused-ring (bicyclic) bond motifs is 1. The van der Waals surface area contributed by atoms with Gasteiger partial charge in [-0.1, -0.05) is 30.7 Å². The van der Waals surface area contributed by atoms with Crippen molar-refractivity contribution in [3.8, 4) is 0 Å². The van der Waals surface area contributed by atoms with Gasteiger partial charge < -0.3 is 9.73 Å². The van der Waals surface area contributed by atoms with Gasteiger partial charge in [-0.3, -0.25) is 0 Å². The molecule has 1 aromatic carbocycles. The van der Waals surface area contributed by atoms with Crippen LogP contribution in [0.1, 0.15) is 29.2 Å². The van der Waals surface area contributed by atoms with E-state index in [9.17, 15) is 4.39 Å². The van der Waals surface area contributed by atoms with E-state index in [4.69, 9.17) is 16.0 Å². The number of benzene rings is 1. The van der Waals surface area contributed by atoms with Crippen molar-refractivity contribution >= 4 is 33.9 Å². The van der Waals surface area contributed by atoms with Gasteiger partial charge in [-0.05, 0) is 36.5 Å². The van der Waals surface area contributed by atoms with Crippen LogP contribution >= 0.6 is 22.9 Å². The number of hydrogen-bond acceptors (Lipinski definition) is 3. The molecule has 1 N–H and O–H groups in total. The van der Waals surface area contributed by atoms with E-state index in [1.165, 1.54) is 6.07 Å². The van der Waals surface area contributed by atoms with E-state index in [1.807, 2.05) is 31.4 Å². The molecule has 1 atom stereocenters. The second kappa shape index (κ2) is 5.79. The summed E-state index contributed by atoms with van der Waals surface area (Å²) in [6, 6.07) is 6.64. The number of rotatable bonds is 4. The van der Waals surface area contributed by atoms with E-state index in [0.717, 1.165) is 27.4 Å². The molecule has 2 nitrogen and oxygen atoms in total. The van der Waals surface area contributed by atoms with Crippen molar-refractivity contribution in [2.24, 2.45) is 0 Å². The molecule has 3 rings (SSSR count). The Bertz CT molecular complexity index is 780. The molecule has 0 amide bonds. The lowest BCUT2D eigenvalue weighted by Crippen LogP contribution is -2.20. The summed E-state index contributed by atoms with van der Waals surface area (Å²) in [7, 11) is 0. The van der Waals surface area contributed by atoms with Gasteiger partial charge in [-0.15, -0.1) is 11.3 Å². The van der Waals surface area contributed by atoms with Crippen LogP contribution in [0.3, 0.4) is 0 Å². The lowest BCUT2D eigenvalue weighted by molar-refractivity contribution is 0.468. The second-order valence-corrected chi connectivity index (χ2v) is 6.18. The fraction of sp³-hybridized carbons (Fsp3) is 0.250. The van der Waals surface area contributed by atoms with Gasteiger partial charge in [-0.2, -0.15) is 0 Å². The maximum Gasteiger partial charge on any atom is 0.169 e. The summed E-state index contributed by atoms with van der Waals surface area (Å²) in [4.78, 5) is 0.996. The number of thiophene rings is 1. The molecule has 0 aliphatic carbocycles. The molecule has 5 heteroatoms. The third-order valence-corrected chi connectivity index (χ3v) is 5.17. The van der Waals surface area contributed by atoms with Gasteiger partial charge in [0.05, 0.1) is 5.02 Å². The van der Waals surface area contributed by atoms with E-state index in [0.29, 0.717) is 11.3 Å². The maximum atomic E-state index is 13.8. The van der Waals surface area contributed by atoms with Crippen molar-refractivity contribution in [1.82, 2.24) is 5.32 Å². The number of furan rings is 1. The van der Waals surface area contributed by atoms with Crippen LogP contribution in [0.4, 0.5) is 4.39 Å². The zero-order valence-electron chi connectivity index (χ0n) is 11.7. The molecule has 21 heavy (non-hydrogen) atoms. The molecule has 2 heterocycles. The SMILES string of the molecule is CCNC(c1cc2cccc(F)c2o1)c1scc(C)c1Cl. The first-order valence-corrected chi connectivity index (χ1v) is 8.02. The first kappa shape index (κ1) is 14.6. The maximum absolute atomic E-state index is 13.8. The molecule has 1 unspecified atom stereocenters. The van der Waals surface area contributed by atoms with Crippen LogP contribution in [0, 0.1) is 12.7 Å². The van der Waals surface area contributed by atoms with Gasteiger partial charge in [-0.25, -0.2) is 4.39 Å². The fourth-order valence-corrected chi connectivity index (χ4v) is 3.74. The van der Waals surface area contributed by atoms with Gasteiger partial charge in [0.15, 0.2) is 11.4 Å². The lowest BCUT2D eigenvalue weighted by atomic mass is 10.1. The third-order valence-electron chi connectivity index (χ3n) is 3.40. The molecule has 110 valence electrons. The van der Waals surface area contributed by atoms with Crippen molar-refractivity contribution in [2.75, 3.05) is 6.54 Å². The van der Waals surface area contributed by atoms with Crippen LogP contribution in [0.2, 0.25) is 5.02 Å². The minimum absolute atomic E-state index is 0.159. The summed E-state index contributed by atoms with van der Waals surface area (Å²) in [5.74, 6) is 0.336. The number of nitrogens with one attached hydrogen (secondary N) is 1. The van der Waals surface area contributed by atoms with Gasteiger partial charge in [0, 0.05) is 10.3 Å². The quantitative estimate of drug-likeness (QED) is 0.705. The smallest absolute Gasteiger partial charge is 0.169 e. The van der Waals surface area contributed by atoms with E-state index >= 15 is 0 Å². The van der Waals surface area contributed by atoms with Crippen molar-refractivity contribution in [2.45, 2.75) is 19.9 Å². The molecule has 0 aliphatic heterocycles. The number of para-hydroxylation sites is 1. The van der Waals surface area contributed by atoms with Crippen molar-refractivity contribution in [1.29, 1.82) is 0 Å². The van der Waals surface area contributed by atoms with Crippen LogP contribution in [-0.2, 0) is 0 Å². The molecule has 0 spiro atoms. The minimum atomic E-state index is -0.345. The highest BCUT2D eigenvalue weighted by Crippen LogP contribution is 2.37. The van der Waals surface area contributed by atoms with E-state index in [-0.39, 0.29) is 11.9 Å². The Kier molecular flexibility index (Phi) is 4.02. The Labute approximate surface area is 131 Å². The fourth-order valence-electron chi connectivity index (χ4n) is 2.36. The monoisotopic (exact) mass is 323 g/mol. The lowest BCUT2D eigenvalue weighted by Gasteiger charge is -2.14. The minimum Gasteiger partial charge on any atom is -0.456 e. The van der Waals surface area contributed by atoms with Crippen LogP contribution in [0.15, 0.2) is 34.1 Å². The molecule has 0 aliphatic rings. The van der Waals surface area contributed by atoms with Gasteiger partial charge in [0.2, 0.25) is 0 Å². The van der Waals surface area contributed by atoms with Crippen LogP contribution in [-0.4, -0.2) is 6.54 Å². The Balaban J connectivity index is 2.11. The Hall–Kier alpha value is -1.36. The Morgan fingerprint density at radius 2 is 2.24 bits per heavy atom. The van der Waals surface area contributed by atoms with E-state index in [2.05, 4.69) is 5.32 Å². The molecule has 2 aromatic heterocycles. The predicted octanol–water partition coefficient (Wildman–Crippen LogP) is 5.29. The van der Waals surface area contributed by atoms with Crippen LogP contribution in [0.5, 0.6) is 0 Å². The predicted molar refractivity (Wildman–Crippen MR) is 85.8 cm³/mol. The van der Waals surface area contributed by atoms with Crippen molar-refractivity contribution < 1.29 is 8.81 Å². The normalized spacial score (nSPS) is 13.0. The molecule has 0 bridgehead atoms. The molecule has 0 fully saturated rings. The summed E-state index contributed by atoms with van der Waals surface area (Å²) >= 11 is 7.96. The summed E-state index contributed by atoms with van der Waals surface area (Å²) in [5, 5.41) is 6.88. The number of aryl methyl sites for hydroxylation is 1. The Morgan fingerprint density at radius 1 is 1.43 bits per heavy atom. The Morgan fingerprint density at radius 3 is 2.86 bits per heavy atom. The topological polar surface area (TPSA) is 25.2 Å². The number of hydrogen-bond donors (Lipinski definition) is 1. The average molecular weight is 324 g/mol. The molecule has 0 saturated heterocycles. The second-order valence-electron chi connectivity index (χ2n) is 4.89. The van der Waals surface area contributed by atoms with Gasteiger partial charge in [0.1, 0.15) is 11.8 Å². The van der Waals surface area contributed by atoms with Gasteiger partial charge in [0.25, 0.3) is 0 Å². The molecule has 0 radical (unpaired) electrons. The van der Waals surface area contributed by atoms with Crippen LogP contribution < -0.4 is 5.32 Å². The molecule has 3 aromatic rings. The van der Waals surface area contributed by atoms with Gasteiger partial charge >= 0.3 is 0 Å². The molecular formula is C16H15ClFNOS. The zero-order chi connectivity index (χ0) is 15.0. The third kappa shape index (κ3) is 2.59. The summed E-state index contributed by atoms with van der Waals surface area (Å²) in [5.41, 5.74) is 1.33. The highest BCUT2D eigenvalue weighted by Gasteiger charge is 2.23. The standard InChI is InChI=1S/C16H15ClFNOS/c1-3-19-14(16-13(17)9(2)8-21-16)12-7-10-5-4-6-11(18)15(10)20-12/h4-8,14,19H,3H2,1-2H3. The molecular weight excluding hydrogens is 309 g/mol. The van der Waals surface area contributed by atoms with Crippen molar-refractivity contribution in [3.05, 3.63) is 56.7 Å². The summed E-state index contributed by atoms with van der Waals surface area (Å²) in [6.45, 7) is 4.76. The first-order chi connectivity index (χ1) is 10.1. The summed E-state index contributed by atoms with van der Waals surface area (Å²) < 4.78 is 19.5. The first-order valence-electron chi connectivity index (χ1n) is 6.76. The number of halogens is 2. The highest BCUT2D eigenvalue weighted by atomic mass is 35.5. The van der Waals surface area contributed by atoms with E-state index in [1.54, 1.807) is 17.4 Å². The van der Waals surface area contributed by atoms with Crippen LogP contribution in [0.25, 0.3) is 11.0 Å².